The van der Waals surface area contributed by atoms with E-state index < -0.39 is 0 Å². The summed E-state index contributed by atoms with van der Waals surface area (Å²) < 4.78 is 0. The Bertz CT molecular complexity index is 438. The van der Waals surface area contributed by atoms with E-state index in [1.54, 1.807) is 12.1 Å². The van der Waals surface area contributed by atoms with Crippen molar-refractivity contribution in [3.05, 3.63) is 34.9 Å². The molecular formula is C15H20ClNO. The van der Waals surface area contributed by atoms with Crippen LogP contribution >= 0.6 is 11.6 Å². The lowest BCUT2D eigenvalue weighted by molar-refractivity contribution is 0.0722. The van der Waals surface area contributed by atoms with Crippen molar-refractivity contribution in [1.29, 1.82) is 0 Å². The Morgan fingerprint density at radius 1 is 1.33 bits per heavy atom. The van der Waals surface area contributed by atoms with Crippen LogP contribution in [0.15, 0.2) is 24.3 Å². The molecule has 2 nitrogen and oxygen atoms in total. The van der Waals surface area contributed by atoms with Crippen LogP contribution in [0.25, 0.3) is 0 Å². The number of benzene rings is 1. The molecule has 0 bridgehead atoms. The van der Waals surface area contributed by atoms with E-state index >= 15 is 0 Å². The molecule has 1 atom stereocenters. The number of ketones is 1. The molecule has 1 aliphatic heterocycles. The molecule has 1 fully saturated rings. The molecule has 3 heteroatoms. The zero-order chi connectivity index (χ0) is 13.3. The van der Waals surface area contributed by atoms with Crippen LogP contribution in [0.2, 0.25) is 5.02 Å². The van der Waals surface area contributed by atoms with E-state index in [-0.39, 0.29) is 17.4 Å². The third-order valence-electron chi connectivity index (χ3n) is 3.94. The summed E-state index contributed by atoms with van der Waals surface area (Å²) in [7, 11) is 0. The molecule has 1 aromatic rings. The number of hydrogen-bond donors (Lipinski definition) is 0. The first-order chi connectivity index (χ1) is 8.42. The molecule has 98 valence electrons. The third-order valence-corrected chi connectivity index (χ3v) is 4.19. The molecule has 1 aliphatic rings. The van der Waals surface area contributed by atoms with Crippen LogP contribution in [0.5, 0.6) is 0 Å². The van der Waals surface area contributed by atoms with Crippen molar-refractivity contribution in [2.24, 2.45) is 0 Å². The van der Waals surface area contributed by atoms with Crippen LogP contribution in [-0.2, 0) is 0 Å². The minimum absolute atomic E-state index is 0.0660. The summed E-state index contributed by atoms with van der Waals surface area (Å²) in [5.41, 5.74) is 0.871. The van der Waals surface area contributed by atoms with Gasteiger partial charge in [-0.25, -0.2) is 0 Å². The van der Waals surface area contributed by atoms with Gasteiger partial charge < -0.3 is 0 Å². The van der Waals surface area contributed by atoms with Gasteiger partial charge in [0.15, 0.2) is 5.78 Å². The Morgan fingerprint density at radius 2 is 1.94 bits per heavy atom. The Balaban J connectivity index is 2.16. The second kappa shape index (κ2) is 5.02. The van der Waals surface area contributed by atoms with Crippen molar-refractivity contribution in [1.82, 2.24) is 4.90 Å². The molecule has 1 aromatic carbocycles. The van der Waals surface area contributed by atoms with Crippen molar-refractivity contribution >= 4 is 17.4 Å². The normalized spacial score (nSPS) is 20.9. The van der Waals surface area contributed by atoms with Gasteiger partial charge in [-0.15, -0.1) is 0 Å². The molecule has 0 N–H and O–H groups in total. The molecule has 0 amide bonds. The lowest BCUT2D eigenvalue weighted by Crippen LogP contribution is -2.47. The van der Waals surface area contributed by atoms with E-state index in [1.165, 1.54) is 6.42 Å². The van der Waals surface area contributed by atoms with Gasteiger partial charge in [-0.3, -0.25) is 9.69 Å². The first kappa shape index (κ1) is 13.6. The van der Waals surface area contributed by atoms with Gasteiger partial charge in [0.05, 0.1) is 6.04 Å². The largest absolute Gasteiger partial charge is 0.292 e. The summed E-state index contributed by atoms with van der Waals surface area (Å²) >= 11 is 5.85. The van der Waals surface area contributed by atoms with Crippen molar-refractivity contribution < 1.29 is 4.79 Å². The summed E-state index contributed by atoms with van der Waals surface area (Å²) in [6.45, 7) is 7.44. The Morgan fingerprint density at radius 3 is 2.44 bits per heavy atom. The van der Waals surface area contributed by atoms with Crippen LogP contribution in [0.1, 0.15) is 44.0 Å². The lowest BCUT2D eigenvalue weighted by atomic mass is 9.97. The van der Waals surface area contributed by atoms with Gasteiger partial charge >= 0.3 is 0 Å². The number of hydrogen-bond acceptors (Lipinski definition) is 2. The molecule has 0 aliphatic carbocycles. The molecule has 0 spiro atoms. The van der Waals surface area contributed by atoms with Crippen molar-refractivity contribution in [3.8, 4) is 0 Å². The van der Waals surface area contributed by atoms with E-state index in [2.05, 4.69) is 18.7 Å². The highest BCUT2D eigenvalue weighted by atomic mass is 35.5. The molecule has 1 unspecified atom stereocenters. The van der Waals surface area contributed by atoms with Crippen LogP contribution in [0.4, 0.5) is 0 Å². The quantitative estimate of drug-likeness (QED) is 0.775. The van der Waals surface area contributed by atoms with Crippen molar-refractivity contribution in [2.75, 3.05) is 6.54 Å². The van der Waals surface area contributed by atoms with Crippen molar-refractivity contribution in [2.45, 2.75) is 45.2 Å². The number of likely N-dealkylation sites (tertiary alicyclic amines) is 1. The maximum absolute atomic E-state index is 12.4. The van der Waals surface area contributed by atoms with Crippen LogP contribution < -0.4 is 0 Å². The number of rotatable bonds is 3. The van der Waals surface area contributed by atoms with Gasteiger partial charge in [-0.05, 0) is 64.4 Å². The lowest BCUT2D eigenvalue weighted by Gasteiger charge is -2.35. The van der Waals surface area contributed by atoms with E-state index in [4.69, 9.17) is 11.6 Å². The number of carbonyl (C=O) groups is 1. The van der Waals surface area contributed by atoms with Crippen LogP contribution in [0.3, 0.4) is 0 Å². The molecule has 2 rings (SSSR count). The van der Waals surface area contributed by atoms with E-state index in [0.29, 0.717) is 5.02 Å². The summed E-state index contributed by atoms with van der Waals surface area (Å²) in [6.07, 6.45) is 2.33. The molecule has 0 aromatic heterocycles. The first-order valence-corrected chi connectivity index (χ1v) is 6.86. The standard InChI is InChI=1S/C15H20ClNO/c1-11(17-10-4-9-15(17,2)3)14(18)12-5-7-13(16)8-6-12/h5-8,11H,4,9-10H2,1-3H3. The predicted molar refractivity (Wildman–Crippen MR) is 75.3 cm³/mol. The Hall–Kier alpha value is -0.860. The third kappa shape index (κ3) is 2.60. The number of carbonyl (C=O) groups excluding carboxylic acids is 1. The smallest absolute Gasteiger partial charge is 0.179 e. The topological polar surface area (TPSA) is 20.3 Å². The van der Waals surface area contributed by atoms with Gasteiger partial charge in [0.2, 0.25) is 0 Å². The number of nitrogens with zero attached hydrogens (tertiary/aromatic N) is 1. The zero-order valence-corrected chi connectivity index (χ0v) is 12.0. The van der Waals surface area contributed by atoms with Gasteiger partial charge in [0, 0.05) is 16.1 Å². The monoisotopic (exact) mass is 265 g/mol. The number of Topliss-reactive ketones (excluding diaryl/α,β-unsaturated/α-hetero) is 1. The summed E-state index contributed by atoms with van der Waals surface area (Å²) in [5.74, 6) is 0.182. The maximum atomic E-state index is 12.4. The first-order valence-electron chi connectivity index (χ1n) is 6.48. The van der Waals surface area contributed by atoms with Crippen molar-refractivity contribution in [3.63, 3.8) is 0 Å². The average molecular weight is 266 g/mol. The fourth-order valence-corrected chi connectivity index (χ4v) is 2.97. The number of halogens is 1. The van der Waals surface area contributed by atoms with Crippen LogP contribution in [-0.4, -0.2) is 28.8 Å². The molecule has 1 heterocycles. The van der Waals surface area contributed by atoms with E-state index in [0.717, 1.165) is 18.5 Å². The van der Waals surface area contributed by atoms with Crippen LogP contribution in [0, 0.1) is 0 Å². The second-order valence-corrected chi connectivity index (χ2v) is 6.09. The molecule has 0 saturated carbocycles. The van der Waals surface area contributed by atoms with Gasteiger partial charge in [-0.2, -0.15) is 0 Å². The molecule has 18 heavy (non-hydrogen) atoms. The molecule has 1 saturated heterocycles. The minimum Gasteiger partial charge on any atom is -0.292 e. The zero-order valence-electron chi connectivity index (χ0n) is 11.2. The van der Waals surface area contributed by atoms with Gasteiger partial charge in [-0.1, -0.05) is 11.6 Å². The molecular weight excluding hydrogens is 246 g/mol. The molecule has 0 radical (unpaired) electrons. The second-order valence-electron chi connectivity index (χ2n) is 5.66. The Labute approximate surface area is 114 Å². The fraction of sp³-hybridized carbons (Fsp3) is 0.533. The van der Waals surface area contributed by atoms with E-state index in [1.807, 2.05) is 19.1 Å². The average Bonchev–Trinajstić information content (AvgIpc) is 2.68. The predicted octanol–water partition coefficient (Wildman–Crippen LogP) is 3.79. The van der Waals surface area contributed by atoms with Gasteiger partial charge in [0.25, 0.3) is 0 Å². The highest BCUT2D eigenvalue weighted by Crippen LogP contribution is 2.31. The van der Waals surface area contributed by atoms with E-state index in [9.17, 15) is 4.79 Å². The van der Waals surface area contributed by atoms with Gasteiger partial charge in [0.1, 0.15) is 0 Å². The fourth-order valence-electron chi connectivity index (χ4n) is 2.84. The summed E-state index contributed by atoms with van der Waals surface area (Å²) in [4.78, 5) is 14.8. The highest BCUT2D eigenvalue weighted by molar-refractivity contribution is 6.30. The Kier molecular flexibility index (Phi) is 3.79. The summed E-state index contributed by atoms with van der Waals surface area (Å²) in [5, 5.41) is 0.667. The maximum Gasteiger partial charge on any atom is 0.179 e. The summed E-state index contributed by atoms with van der Waals surface area (Å²) in [6, 6.07) is 7.10. The highest BCUT2D eigenvalue weighted by Gasteiger charge is 2.37. The minimum atomic E-state index is -0.0660. The SMILES string of the molecule is CC(C(=O)c1ccc(Cl)cc1)N1CCCC1(C)C.